The fraction of sp³-hybridized carbons (Fsp3) is 0.412. The van der Waals surface area contributed by atoms with E-state index in [1.807, 2.05) is 25.1 Å². The second-order valence-electron chi connectivity index (χ2n) is 6.23. The Morgan fingerprint density at radius 3 is 2.67 bits per heavy atom. The number of para-hydroxylation sites is 1. The summed E-state index contributed by atoms with van der Waals surface area (Å²) in [5, 5.41) is 0. The van der Waals surface area contributed by atoms with E-state index in [2.05, 4.69) is 20.9 Å². The van der Waals surface area contributed by atoms with E-state index in [4.69, 9.17) is 4.74 Å². The third kappa shape index (κ3) is 2.84. The zero-order valence-corrected chi connectivity index (χ0v) is 14.3. The van der Waals surface area contributed by atoms with Crippen molar-refractivity contribution in [2.75, 3.05) is 29.5 Å². The van der Waals surface area contributed by atoms with Crippen molar-refractivity contribution >= 4 is 15.7 Å². The Bertz CT molecular complexity index is 882. The van der Waals surface area contributed by atoms with Gasteiger partial charge in [-0.25, -0.2) is 18.4 Å². The molecule has 0 bridgehead atoms. The third-order valence-corrected chi connectivity index (χ3v) is 6.14. The Kier molecular flexibility index (Phi) is 3.68. The van der Waals surface area contributed by atoms with Gasteiger partial charge in [0.05, 0.1) is 17.2 Å². The molecule has 0 spiro atoms. The molecular formula is C17H19N3O3S. The maximum absolute atomic E-state index is 11.7. The Balaban J connectivity index is 1.76. The normalized spacial score (nSPS) is 19.0. The van der Waals surface area contributed by atoms with E-state index < -0.39 is 9.84 Å². The molecular weight excluding hydrogens is 326 g/mol. The minimum atomic E-state index is -2.92. The van der Waals surface area contributed by atoms with Gasteiger partial charge in [-0.2, -0.15) is 0 Å². The Morgan fingerprint density at radius 1 is 1.12 bits per heavy atom. The zero-order valence-electron chi connectivity index (χ0n) is 13.5. The van der Waals surface area contributed by atoms with Crippen LogP contribution in [0.25, 0.3) is 0 Å². The summed E-state index contributed by atoms with van der Waals surface area (Å²) in [6, 6.07) is 7.97. The smallest absolute Gasteiger partial charge is 0.153 e. The first-order valence-corrected chi connectivity index (χ1v) is 9.86. The number of aryl methyl sites for hydroxylation is 1. The number of hydrogen-bond acceptors (Lipinski definition) is 6. The van der Waals surface area contributed by atoms with E-state index >= 15 is 0 Å². The van der Waals surface area contributed by atoms with Gasteiger partial charge in [-0.1, -0.05) is 18.2 Å². The molecule has 0 amide bonds. The van der Waals surface area contributed by atoms with Crippen LogP contribution in [-0.2, 0) is 22.9 Å². The number of ether oxygens (including phenoxy) is 1. The highest BCUT2D eigenvalue weighted by Crippen LogP contribution is 2.32. The van der Waals surface area contributed by atoms with Crippen LogP contribution in [0.15, 0.2) is 24.3 Å². The number of hydrogen-bond donors (Lipinski definition) is 0. The fourth-order valence-corrected chi connectivity index (χ4v) is 4.45. The summed E-state index contributed by atoms with van der Waals surface area (Å²) in [7, 11) is -2.92. The maximum Gasteiger partial charge on any atom is 0.153 e. The standard InChI is InChI=1S/C17H19N3O3S/c1-12-18-15-11-23-16-5-3-2-4-13(16)10-14(15)17(19-12)20-6-8-24(21,22)9-7-20/h2-5H,6-11H2,1H3. The van der Waals surface area contributed by atoms with Crippen molar-refractivity contribution in [1.82, 2.24) is 9.97 Å². The van der Waals surface area contributed by atoms with Crippen LogP contribution in [0.1, 0.15) is 22.6 Å². The summed E-state index contributed by atoms with van der Waals surface area (Å²) in [4.78, 5) is 11.3. The van der Waals surface area contributed by atoms with Crippen molar-refractivity contribution in [3.05, 3.63) is 46.9 Å². The largest absolute Gasteiger partial charge is 0.487 e. The van der Waals surface area contributed by atoms with Crippen LogP contribution in [0.4, 0.5) is 5.82 Å². The first-order chi connectivity index (χ1) is 11.5. The molecule has 0 saturated carbocycles. The lowest BCUT2D eigenvalue weighted by Crippen LogP contribution is -2.41. The van der Waals surface area contributed by atoms with Gasteiger partial charge in [0.2, 0.25) is 0 Å². The van der Waals surface area contributed by atoms with Gasteiger partial charge >= 0.3 is 0 Å². The average molecular weight is 345 g/mol. The van der Waals surface area contributed by atoms with E-state index in [1.54, 1.807) is 0 Å². The minimum Gasteiger partial charge on any atom is -0.487 e. The Morgan fingerprint density at radius 2 is 1.88 bits per heavy atom. The number of fused-ring (bicyclic) bond motifs is 2. The number of sulfone groups is 1. The highest BCUT2D eigenvalue weighted by Gasteiger charge is 2.27. The van der Waals surface area contributed by atoms with Crippen LogP contribution in [0.3, 0.4) is 0 Å². The predicted octanol–water partition coefficient (Wildman–Crippen LogP) is 1.50. The Labute approximate surface area is 141 Å². The van der Waals surface area contributed by atoms with E-state index in [-0.39, 0.29) is 11.5 Å². The van der Waals surface area contributed by atoms with Crippen molar-refractivity contribution in [3.63, 3.8) is 0 Å². The monoisotopic (exact) mass is 345 g/mol. The molecule has 4 rings (SSSR count). The molecule has 1 saturated heterocycles. The molecule has 0 aliphatic carbocycles. The summed E-state index contributed by atoms with van der Waals surface area (Å²) >= 11 is 0. The van der Waals surface area contributed by atoms with E-state index in [0.29, 0.717) is 31.9 Å². The first-order valence-electron chi connectivity index (χ1n) is 8.04. The number of benzene rings is 1. The first kappa shape index (κ1) is 15.4. The fourth-order valence-electron chi connectivity index (χ4n) is 3.25. The van der Waals surface area contributed by atoms with Gasteiger partial charge in [0.25, 0.3) is 0 Å². The van der Waals surface area contributed by atoms with Gasteiger partial charge in [-0.05, 0) is 18.6 Å². The van der Waals surface area contributed by atoms with Crippen LogP contribution < -0.4 is 9.64 Å². The van der Waals surface area contributed by atoms with E-state index in [0.717, 1.165) is 28.4 Å². The van der Waals surface area contributed by atoms with Gasteiger partial charge < -0.3 is 9.64 Å². The number of anilines is 1. The second-order valence-corrected chi connectivity index (χ2v) is 8.54. The lowest BCUT2D eigenvalue weighted by Gasteiger charge is -2.30. The zero-order chi connectivity index (χ0) is 16.7. The number of nitrogens with zero attached hydrogens (tertiary/aromatic N) is 3. The molecule has 0 radical (unpaired) electrons. The number of rotatable bonds is 1. The van der Waals surface area contributed by atoms with Crippen LogP contribution in [0.2, 0.25) is 0 Å². The van der Waals surface area contributed by atoms with Crippen LogP contribution in [0.5, 0.6) is 5.75 Å². The lowest BCUT2D eigenvalue weighted by molar-refractivity contribution is 0.301. The van der Waals surface area contributed by atoms with Crippen molar-refractivity contribution in [1.29, 1.82) is 0 Å². The molecule has 0 N–H and O–H groups in total. The summed E-state index contributed by atoms with van der Waals surface area (Å²) in [5.41, 5.74) is 3.04. The molecule has 2 aliphatic rings. The second kappa shape index (κ2) is 5.73. The SMILES string of the molecule is Cc1nc2c(c(N3CCS(=O)(=O)CC3)n1)Cc1ccccc1OC2. The maximum atomic E-state index is 11.7. The van der Waals surface area contributed by atoms with Gasteiger partial charge in [-0.15, -0.1) is 0 Å². The van der Waals surface area contributed by atoms with Gasteiger partial charge in [0, 0.05) is 25.1 Å². The van der Waals surface area contributed by atoms with Gasteiger partial charge in [-0.3, -0.25) is 0 Å². The van der Waals surface area contributed by atoms with E-state index in [9.17, 15) is 8.42 Å². The summed E-state index contributed by atoms with van der Waals surface area (Å²) in [5.74, 6) is 2.77. The molecule has 126 valence electrons. The summed E-state index contributed by atoms with van der Waals surface area (Å²) in [6.07, 6.45) is 0.699. The summed E-state index contributed by atoms with van der Waals surface area (Å²) < 4.78 is 29.3. The van der Waals surface area contributed by atoms with Gasteiger partial charge in [0.15, 0.2) is 9.84 Å². The van der Waals surface area contributed by atoms with Gasteiger partial charge in [0.1, 0.15) is 24.0 Å². The highest BCUT2D eigenvalue weighted by molar-refractivity contribution is 7.91. The summed E-state index contributed by atoms with van der Waals surface area (Å²) in [6.45, 7) is 3.23. The number of aromatic nitrogens is 2. The molecule has 0 unspecified atom stereocenters. The van der Waals surface area contributed by atoms with Crippen molar-refractivity contribution in [3.8, 4) is 5.75 Å². The lowest BCUT2D eigenvalue weighted by atomic mass is 10.0. The van der Waals surface area contributed by atoms with Crippen LogP contribution in [0, 0.1) is 6.92 Å². The molecule has 2 aliphatic heterocycles. The van der Waals surface area contributed by atoms with E-state index in [1.165, 1.54) is 0 Å². The molecule has 2 aromatic rings. The Hall–Kier alpha value is -2.15. The predicted molar refractivity (Wildman–Crippen MR) is 91.2 cm³/mol. The molecule has 1 aromatic heterocycles. The van der Waals surface area contributed by atoms with Crippen LogP contribution >= 0.6 is 0 Å². The molecule has 24 heavy (non-hydrogen) atoms. The molecule has 7 heteroatoms. The molecule has 0 atom stereocenters. The molecule has 1 fully saturated rings. The third-order valence-electron chi connectivity index (χ3n) is 4.53. The molecule has 3 heterocycles. The van der Waals surface area contributed by atoms with Crippen molar-refractivity contribution in [2.45, 2.75) is 20.0 Å². The van der Waals surface area contributed by atoms with Crippen LogP contribution in [-0.4, -0.2) is 43.0 Å². The minimum absolute atomic E-state index is 0.178. The topological polar surface area (TPSA) is 72.4 Å². The van der Waals surface area contributed by atoms with Crippen molar-refractivity contribution in [2.24, 2.45) is 0 Å². The highest BCUT2D eigenvalue weighted by atomic mass is 32.2. The van der Waals surface area contributed by atoms with Crippen molar-refractivity contribution < 1.29 is 13.2 Å². The molecule has 6 nitrogen and oxygen atoms in total. The average Bonchev–Trinajstić information content (AvgIpc) is 2.74. The quantitative estimate of drug-likeness (QED) is 0.780. The molecule has 1 aromatic carbocycles.